The first kappa shape index (κ1) is 11.4. The minimum Gasteiger partial charge on any atom is -0.351 e. The predicted molar refractivity (Wildman–Crippen MR) is 68.9 cm³/mol. The molecule has 0 aliphatic heterocycles. The number of rotatable bonds is 4. The average Bonchev–Trinajstić information content (AvgIpc) is 2.87. The minimum atomic E-state index is 0.0928. The molecule has 0 fully saturated rings. The van der Waals surface area contributed by atoms with E-state index in [4.69, 9.17) is 0 Å². The fourth-order valence-corrected chi connectivity index (χ4v) is 2.95. The van der Waals surface area contributed by atoms with Gasteiger partial charge in [0.05, 0.1) is 13.0 Å². The van der Waals surface area contributed by atoms with Gasteiger partial charge in [-0.3, -0.25) is 4.79 Å². The van der Waals surface area contributed by atoms with E-state index in [1.165, 1.54) is 10.4 Å². The lowest BCUT2D eigenvalue weighted by Gasteiger charge is -2.03. The van der Waals surface area contributed by atoms with Gasteiger partial charge in [-0.1, -0.05) is 6.07 Å². The first-order chi connectivity index (χ1) is 7.75. The molecule has 0 aromatic carbocycles. The Balaban J connectivity index is 1.82. The summed E-state index contributed by atoms with van der Waals surface area (Å²) in [5.41, 5.74) is 1.25. The summed E-state index contributed by atoms with van der Waals surface area (Å²) in [5.74, 6) is 0.0928. The molecule has 0 saturated carbocycles. The molecule has 2 rings (SSSR count). The van der Waals surface area contributed by atoms with E-state index in [0.29, 0.717) is 13.0 Å². The van der Waals surface area contributed by atoms with Gasteiger partial charge in [0.25, 0.3) is 0 Å². The van der Waals surface area contributed by atoms with E-state index >= 15 is 0 Å². The Bertz CT molecular complexity index is 459. The highest BCUT2D eigenvalue weighted by Gasteiger charge is 2.05. The third kappa shape index (κ3) is 2.93. The van der Waals surface area contributed by atoms with Crippen molar-refractivity contribution in [3.63, 3.8) is 0 Å². The zero-order chi connectivity index (χ0) is 11.4. The Kier molecular flexibility index (Phi) is 3.74. The lowest BCUT2D eigenvalue weighted by molar-refractivity contribution is -0.120. The van der Waals surface area contributed by atoms with Crippen LogP contribution in [0.25, 0.3) is 0 Å². The zero-order valence-electron chi connectivity index (χ0n) is 9.03. The molecule has 0 aliphatic rings. The largest absolute Gasteiger partial charge is 0.351 e. The highest BCUT2D eigenvalue weighted by molar-refractivity contribution is 7.10. The molecule has 0 spiro atoms. The molecule has 4 heteroatoms. The first-order valence-corrected chi connectivity index (χ1v) is 6.83. The maximum absolute atomic E-state index is 11.6. The van der Waals surface area contributed by atoms with Gasteiger partial charge >= 0.3 is 0 Å². The Morgan fingerprint density at radius 2 is 2.19 bits per heavy atom. The van der Waals surface area contributed by atoms with Gasteiger partial charge in [0.1, 0.15) is 0 Å². The lowest BCUT2D eigenvalue weighted by Crippen LogP contribution is -2.24. The molecule has 0 atom stereocenters. The van der Waals surface area contributed by atoms with Crippen molar-refractivity contribution in [1.29, 1.82) is 0 Å². The van der Waals surface area contributed by atoms with Crippen molar-refractivity contribution in [2.75, 3.05) is 0 Å². The molecule has 0 bridgehead atoms. The van der Waals surface area contributed by atoms with Gasteiger partial charge in [-0.05, 0) is 35.4 Å². The van der Waals surface area contributed by atoms with E-state index < -0.39 is 0 Å². The van der Waals surface area contributed by atoms with Crippen molar-refractivity contribution < 1.29 is 4.79 Å². The van der Waals surface area contributed by atoms with Crippen LogP contribution in [0.4, 0.5) is 0 Å². The molecule has 0 radical (unpaired) electrons. The van der Waals surface area contributed by atoms with Crippen LogP contribution in [0.15, 0.2) is 29.0 Å². The van der Waals surface area contributed by atoms with Crippen LogP contribution < -0.4 is 5.32 Å². The van der Waals surface area contributed by atoms with E-state index in [9.17, 15) is 4.79 Å². The van der Waals surface area contributed by atoms with Gasteiger partial charge in [-0.25, -0.2) is 0 Å². The molecule has 2 heterocycles. The number of aryl methyl sites for hydroxylation is 1. The number of carbonyl (C=O) groups is 1. The fourth-order valence-electron chi connectivity index (χ4n) is 1.40. The van der Waals surface area contributed by atoms with Crippen LogP contribution in [0.1, 0.15) is 15.3 Å². The Morgan fingerprint density at radius 3 is 2.81 bits per heavy atom. The van der Waals surface area contributed by atoms with Gasteiger partial charge in [0.15, 0.2) is 0 Å². The van der Waals surface area contributed by atoms with Crippen LogP contribution in [-0.4, -0.2) is 5.91 Å². The van der Waals surface area contributed by atoms with Gasteiger partial charge in [-0.15, -0.1) is 22.7 Å². The normalized spacial score (nSPS) is 10.3. The minimum absolute atomic E-state index is 0.0928. The van der Waals surface area contributed by atoms with Crippen molar-refractivity contribution in [2.24, 2.45) is 0 Å². The van der Waals surface area contributed by atoms with Crippen LogP contribution in [0, 0.1) is 6.92 Å². The molecule has 0 unspecified atom stereocenters. The van der Waals surface area contributed by atoms with Crippen LogP contribution in [0.5, 0.6) is 0 Å². The lowest BCUT2D eigenvalue weighted by atomic mass is 10.3. The fraction of sp³-hybridized carbons (Fsp3) is 0.250. The second-order valence-electron chi connectivity index (χ2n) is 3.56. The molecule has 2 nitrogen and oxygen atoms in total. The number of carbonyl (C=O) groups excluding carboxylic acids is 1. The standard InChI is InChI=1S/C12H13NOS2/c1-9-4-6-16-11(9)8-13-12(14)7-10-3-2-5-15-10/h2-6H,7-8H2,1H3,(H,13,14). The van der Waals surface area contributed by atoms with E-state index in [2.05, 4.69) is 23.7 Å². The Morgan fingerprint density at radius 1 is 1.31 bits per heavy atom. The molecule has 0 saturated heterocycles. The molecule has 84 valence electrons. The van der Waals surface area contributed by atoms with Gasteiger partial charge in [0, 0.05) is 9.75 Å². The Hall–Kier alpha value is -1.13. The summed E-state index contributed by atoms with van der Waals surface area (Å²) < 4.78 is 0. The van der Waals surface area contributed by atoms with Crippen molar-refractivity contribution in [1.82, 2.24) is 5.32 Å². The van der Waals surface area contributed by atoms with E-state index in [1.807, 2.05) is 17.5 Å². The predicted octanol–water partition coefficient (Wildman–Crippen LogP) is 2.98. The number of hydrogen-bond donors (Lipinski definition) is 1. The monoisotopic (exact) mass is 251 g/mol. The number of hydrogen-bond acceptors (Lipinski definition) is 3. The average molecular weight is 251 g/mol. The number of nitrogens with one attached hydrogen (secondary N) is 1. The van der Waals surface area contributed by atoms with E-state index in [-0.39, 0.29) is 5.91 Å². The number of thiophene rings is 2. The summed E-state index contributed by atoms with van der Waals surface area (Å²) in [7, 11) is 0. The second kappa shape index (κ2) is 5.27. The highest BCUT2D eigenvalue weighted by atomic mass is 32.1. The molecule has 16 heavy (non-hydrogen) atoms. The summed E-state index contributed by atoms with van der Waals surface area (Å²) in [4.78, 5) is 14.0. The van der Waals surface area contributed by atoms with Gasteiger partial charge < -0.3 is 5.32 Å². The summed E-state index contributed by atoms with van der Waals surface area (Å²) in [6.07, 6.45) is 0.488. The summed E-state index contributed by atoms with van der Waals surface area (Å²) in [6, 6.07) is 6.03. The second-order valence-corrected chi connectivity index (χ2v) is 5.59. The third-order valence-electron chi connectivity index (χ3n) is 2.33. The van der Waals surface area contributed by atoms with E-state index in [0.717, 1.165) is 4.88 Å². The summed E-state index contributed by atoms with van der Waals surface area (Å²) in [6.45, 7) is 2.71. The quantitative estimate of drug-likeness (QED) is 0.889. The molecular formula is C12H13NOS2. The van der Waals surface area contributed by atoms with Crippen LogP contribution in [-0.2, 0) is 17.8 Å². The molecule has 2 aromatic heterocycles. The van der Waals surface area contributed by atoms with Crippen molar-refractivity contribution >= 4 is 28.6 Å². The maximum atomic E-state index is 11.6. The molecule has 1 amide bonds. The van der Waals surface area contributed by atoms with Crippen molar-refractivity contribution in [2.45, 2.75) is 19.9 Å². The van der Waals surface area contributed by atoms with Crippen LogP contribution in [0.2, 0.25) is 0 Å². The zero-order valence-corrected chi connectivity index (χ0v) is 10.7. The molecule has 1 N–H and O–H groups in total. The Labute approximate surface area is 103 Å². The van der Waals surface area contributed by atoms with Crippen LogP contribution >= 0.6 is 22.7 Å². The summed E-state index contributed by atoms with van der Waals surface area (Å²) in [5, 5.41) is 6.99. The van der Waals surface area contributed by atoms with E-state index in [1.54, 1.807) is 22.7 Å². The molecule has 0 aliphatic carbocycles. The van der Waals surface area contributed by atoms with Gasteiger partial charge in [-0.2, -0.15) is 0 Å². The smallest absolute Gasteiger partial charge is 0.225 e. The van der Waals surface area contributed by atoms with Crippen LogP contribution in [0.3, 0.4) is 0 Å². The molecule has 2 aromatic rings. The third-order valence-corrected chi connectivity index (χ3v) is 4.23. The summed E-state index contributed by atoms with van der Waals surface area (Å²) >= 11 is 3.31. The highest BCUT2D eigenvalue weighted by Crippen LogP contribution is 2.15. The SMILES string of the molecule is Cc1ccsc1CNC(=O)Cc1cccs1. The number of amides is 1. The van der Waals surface area contributed by atoms with Crippen molar-refractivity contribution in [3.8, 4) is 0 Å². The van der Waals surface area contributed by atoms with Gasteiger partial charge in [0.2, 0.25) is 5.91 Å². The first-order valence-electron chi connectivity index (χ1n) is 5.08. The maximum Gasteiger partial charge on any atom is 0.225 e. The molecular weight excluding hydrogens is 238 g/mol. The topological polar surface area (TPSA) is 29.1 Å². The van der Waals surface area contributed by atoms with Crippen molar-refractivity contribution in [3.05, 3.63) is 44.3 Å².